The second-order valence-electron chi connectivity index (χ2n) is 11.4. The number of hydrogen-bond donors (Lipinski definition) is 0. The largest absolute Gasteiger partial charge is 0.294 e. The third kappa shape index (κ3) is 2.67. The lowest BCUT2D eigenvalue weighted by Crippen LogP contribution is -2.53. The molecule has 4 saturated carbocycles. The van der Waals surface area contributed by atoms with E-state index in [0.29, 0.717) is 11.2 Å². The molecule has 0 bridgehead atoms. The van der Waals surface area contributed by atoms with Crippen LogP contribution < -0.4 is 0 Å². The maximum absolute atomic E-state index is 13.4. The topological polar surface area (TPSA) is 17.1 Å². The average molecular weight is 379 g/mol. The number of carbonyl (C=O) groups excluding carboxylic acids is 1. The van der Waals surface area contributed by atoms with Gasteiger partial charge in [0, 0.05) is 11.5 Å². The van der Waals surface area contributed by atoms with E-state index in [-0.39, 0.29) is 11.3 Å². The van der Waals surface area contributed by atoms with Gasteiger partial charge in [0.05, 0.1) is 0 Å². The Morgan fingerprint density at radius 2 is 1.57 bits per heavy atom. The number of carbonyl (C=O) groups is 1. The second-order valence-corrected chi connectivity index (χ2v) is 11.4. The molecule has 4 fully saturated rings. The Hall–Kier alpha value is -1.11. The Balaban J connectivity index is 1.41. The van der Waals surface area contributed by atoms with E-state index in [1.165, 1.54) is 51.4 Å². The van der Waals surface area contributed by atoms with E-state index in [9.17, 15) is 4.79 Å². The first-order valence-corrected chi connectivity index (χ1v) is 12.0. The minimum absolute atomic E-state index is 0.235. The van der Waals surface area contributed by atoms with Gasteiger partial charge in [-0.1, -0.05) is 57.5 Å². The molecule has 152 valence electrons. The van der Waals surface area contributed by atoms with E-state index in [1.54, 1.807) is 0 Å². The van der Waals surface area contributed by atoms with Gasteiger partial charge in [-0.3, -0.25) is 4.79 Å². The van der Waals surface area contributed by atoms with Crippen molar-refractivity contribution in [1.82, 2.24) is 0 Å². The minimum atomic E-state index is 0.235. The number of benzene rings is 1. The van der Waals surface area contributed by atoms with Crippen LogP contribution in [0.15, 0.2) is 30.3 Å². The van der Waals surface area contributed by atoms with Crippen molar-refractivity contribution in [2.45, 2.75) is 78.6 Å². The molecule has 1 nitrogen and oxygen atoms in total. The molecule has 4 aliphatic rings. The summed E-state index contributed by atoms with van der Waals surface area (Å²) >= 11 is 0. The molecule has 0 saturated heterocycles. The minimum Gasteiger partial charge on any atom is -0.294 e. The molecule has 5 rings (SSSR count). The number of fused-ring (bicyclic) bond motifs is 5. The van der Waals surface area contributed by atoms with Gasteiger partial charge in [0.1, 0.15) is 0 Å². The van der Waals surface area contributed by atoms with Crippen LogP contribution in [-0.4, -0.2) is 5.78 Å². The highest BCUT2D eigenvalue weighted by molar-refractivity contribution is 5.98. The van der Waals surface area contributed by atoms with Crippen LogP contribution in [0.3, 0.4) is 0 Å². The molecule has 0 aliphatic heterocycles. The summed E-state index contributed by atoms with van der Waals surface area (Å²) in [4.78, 5) is 13.4. The molecule has 1 aromatic carbocycles. The molecular weight excluding hydrogens is 340 g/mol. The van der Waals surface area contributed by atoms with Crippen LogP contribution in [0.4, 0.5) is 0 Å². The third-order valence-corrected chi connectivity index (χ3v) is 10.3. The Labute approximate surface area is 171 Å². The predicted molar refractivity (Wildman–Crippen MR) is 115 cm³/mol. The summed E-state index contributed by atoms with van der Waals surface area (Å²) < 4.78 is 0. The van der Waals surface area contributed by atoms with Crippen LogP contribution in [0, 0.1) is 46.3 Å². The van der Waals surface area contributed by atoms with Crippen LogP contribution in [0.25, 0.3) is 0 Å². The highest BCUT2D eigenvalue weighted by Gasteiger charge is 2.61. The zero-order valence-corrected chi connectivity index (χ0v) is 18.1. The summed E-state index contributed by atoms with van der Waals surface area (Å²) in [6.07, 6.45) is 12.3. The van der Waals surface area contributed by atoms with Crippen molar-refractivity contribution in [3.63, 3.8) is 0 Å². The Kier molecular flexibility index (Phi) is 4.53. The van der Waals surface area contributed by atoms with E-state index < -0.39 is 0 Å². The van der Waals surface area contributed by atoms with E-state index in [0.717, 1.165) is 41.6 Å². The number of rotatable bonds is 2. The number of hydrogen-bond acceptors (Lipinski definition) is 1. The van der Waals surface area contributed by atoms with Crippen molar-refractivity contribution in [3.8, 4) is 0 Å². The standard InChI is InChI=1S/C27H38O/c1-18-13-15-26(2)20(17-18)9-10-21-22-11-12-24(27(22,3)16-14-23(21)26)25(28)19-7-5-4-6-8-19/h4-8,18,20-24H,9-17H2,1-3H3. The summed E-state index contributed by atoms with van der Waals surface area (Å²) in [6.45, 7) is 7.62. The lowest BCUT2D eigenvalue weighted by molar-refractivity contribution is -0.114. The normalized spacial score (nSPS) is 47.7. The quantitative estimate of drug-likeness (QED) is 0.499. The molecule has 1 aromatic rings. The number of Topliss-reactive ketones (excluding diaryl/α,β-unsaturated/α-hetero) is 1. The van der Waals surface area contributed by atoms with Gasteiger partial charge >= 0.3 is 0 Å². The van der Waals surface area contributed by atoms with Crippen molar-refractivity contribution >= 4 is 5.78 Å². The second kappa shape index (κ2) is 6.71. The first-order chi connectivity index (χ1) is 13.4. The molecule has 0 aromatic heterocycles. The molecule has 0 spiro atoms. The van der Waals surface area contributed by atoms with Gasteiger partial charge in [0.15, 0.2) is 5.78 Å². The molecule has 8 atom stereocenters. The Morgan fingerprint density at radius 3 is 2.36 bits per heavy atom. The lowest BCUT2D eigenvalue weighted by atomic mass is 9.44. The first-order valence-electron chi connectivity index (χ1n) is 12.0. The monoisotopic (exact) mass is 378 g/mol. The molecule has 8 unspecified atom stereocenters. The molecule has 4 aliphatic carbocycles. The van der Waals surface area contributed by atoms with E-state index >= 15 is 0 Å². The summed E-state index contributed by atoms with van der Waals surface area (Å²) in [5.41, 5.74) is 1.76. The zero-order valence-electron chi connectivity index (χ0n) is 18.1. The van der Waals surface area contributed by atoms with Crippen molar-refractivity contribution in [1.29, 1.82) is 0 Å². The van der Waals surface area contributed by atoms with E-state index in [2.05, 4.69) is 20.8 Å². The van der Waals surface area contributed by atoms with Gasteiger partial charge in [-0.2, -0.15) is 0 Å². The molecular formula is C27H38O. The van der Waals surface area contributed by atoms with E-state index in [1.807, 2.05) is 30.3 Å². The highest BCUT2D eigenvalue weighted by Crippen LogP contribution is 2.67. The maximum Gasteiger partial charge on any atom is 0.166 e. The van der Waals surface area contributed by atoms with Crippen LogP contribution in [0.5, 0.6) is 0 Å². The maximum atomic E-state index is 13.4. The fraction of sp³-hybridized carbons (Fsp3) is 0.741. The molecule has 0 radical (unpaired) electrons. The lowest BCUT2D eigenvalue weighted by Gasteiger charge is -2.61. The number of ketones is 1. The zero-order chi connectivity index (χ0) is 19.5. The van der Waals surface area contributed by atoms with Crippen LogP contribution in [0.2, 0.25) is 0 Å². The third-order valence-electron chi connectivity index (χ3n) is 10.3. The van der Waals surface area contributed by atoms with Gasteiger partial charge < -0.3 is 0 Å². The van der Waals surface area contributed by atoms with Crippen molar-refractivity contribution < 1.29 is 4.79 Å². The van der Waals surface area contributed by atoms with Crippen molar-refractivity contribution in [2.24, 2.45) is 46.3 Å². The highest BCUT2D eigenvalue weighted by atomic mass is 16.1. The Morgan fingerprint density at radius 1 is 0.857 bits per heavy atom. The molecule has 1 heteroatoms. The molecule has 0 amide bonds. The fourth-order valence-corrected chi connectivity index (χ4v) is 8.71. The average Bonchev–Trinajstić information content (AvgIpc) is 3.06. The Bertz CT molecular complexity index is 738. The molecule has 28 heavy (non-hydrogen) atoms. The fourth-order valence-electron chi connectivity index (χ4n) is 8.71. The summed E-state index contributed by atoms with van der Waals surface area (Å²) in [6, 6.07) is 10.1. The van der Waals surface area contributed by atoms with Crippen LogP contribution in [0.1, 0.15) is 88.9 Å². The SMILES string of the molecule is CC1CCC2(C)C(CCC3C2CCC2(C)C(C(=O)c4ccccc4)CCC32)C1. The van der Waals surface area contributed by atoms with Crippen molar-refractivity contribution in [3.05, 3.63) is 35.9 Å². The van der Waals surface area contributed by atoms with Gasteiger partial charge in [0.25, 0.3) is 0 Å². The van der Waals surface area contributed by atoms with Crippen LogP contribution in [-0.2, 0) is 0 Å². The summed E-state index contributed by atoms with van der Waals surface area (Å²) in [7, 11) is 0. The molecule has 0 N–H and O–H groups in total. The molecule has 0 heterocycles. The van der Waals surface area contributed by atoms with E-state index in [4.69, 9.17) is 0 Å². The van der Waals surface area contributed by atoms with Crippen molar-refractivity contribution in [2.75, 3.05) is 0 Å². The smallest absolute Gasteiger partial charge is 0.166 e. The summed E-state index contributed by atoms with van der Waals surface area (Å²) in [5.74, 6) is 5.14. The van der Waals surface area contributed by atoms with Gasteiger partial charge in [-0.05, 0) is 91.8 Å². The van der Waals surface area contributed by atoms with Gasteiger partial charge in [-0.25, -0.2) is 0 Å². The predicted octanol–water partition coefficient (Wildman–Crippen LogP) is 7.16. The van der Waals surface area contributed by atoms with Gasteiger partial charge in [-0.15, -0.1) is 0 Å². The summed E-state index contributed by atoms with van der Waals surface area (Å²) in [5, 5.41) is 0. The van der Waals surface area contributed by atoms with Crippen LogP contribution >= 0.6 is 0 Å². The first kappa shape index (κ1) is 18.9. The van der Waals surface area contributed by atoms with Gasteiger partial charge in [0.2, 0.25) is 0 Å².